The molecule has 1 heterocycles. The van der Waals surface area contributed by atoms with E-state index < -0.39 is 5.97 Å². The molecule has 1 fully saturated rings. The van der Waals surface area contributed by atoms with Crippen molar-refractivity contribution < 1.29 is 14.3 Å². The van der Waals surface area contributed by atoms with Gasteiger partial charge in [0.1, 0.15) is 5.82 Å². The van der Waals surface area contributed by atoms with E-state index in [0.717, 1.165) is 31.6 Å². The van der Waals surface area contributed by atoms with Crippen LogP contribution in [0.3, 0.4) is 0 Å². The highest BCUT2D eigenvalue weighted by Crippen LogP contribution is 2.22. The van der Waals surface area contributed by atoms with Gasteiger partial charge in [-0.1, -0.05) is 12.1 Å². The number of rotatable bonds is 5. The first-order valence-corrected chi connectivity index (χ1v) is 6.97. The van der Waals surface area contributed by atoms with E-state index in [0.29, 0.717) is 12.3 Å². The van der Waals surface area contributed by atoms with Gasteiger partial charge in [-0.25, -0.2) is 4.39 Å². The molecule has 2 unspecified atom stereocenters. The fourth-order valence-electron chi connectivity index (χ4n) is 2.86. The highest BCUT2D eigenvalue weighted by atomic mass is 19.1. The summed E-state index contributed by atoms with van der Waals surface area (Å²) < 4.78 is 12.9. The van der Waals surface area contributed by atoms with Crippen LogP contribution in [-0.4, -0.2) is 35.1 Å². The van der Waals surface area contributed by atoms with E-state index in [1.807, 2.05) is 0 Å². The largest absolute Gasteiger partial charge is 0.481 e. The fourth-order valence-corrected chi connectivity index (χ4v) is 2.86. The Labute approximate surface area is 118 Å². The summed E-state index contributed by atoms with van der Waals surface area (Å²) in [7, 11) is 0. The SMILES string of the molecule is NC1CC(CCC(=O)O)CN(Cc2ccc(F)cc2)C1. The molecular weight excluding hydrogens is 259 g/mol. The lowest BCUT2D eigenvalue weighted by molar-refractivity contribution is -0.137. The quantitative estimate of drug-likeness (QED) is 0.863. The Morgan fingerprint density at radius 1 is 1.35 bits per heavy atom. The first-order chi connectivity index (χ1) is 9.52. The van der Waals surface area contributed by atoms with Gasteiger partial charge in [-0.15, -0.1) is 0 Å². The molecule has 0 bridgehead atoms. The number of nitrogens with two attached hydrogens (primary N) is 1. The minimum absolute atomic E-state index is 0.0861. The number of aliphatic carboxylic acids is 1. The third-order valence-electron chi connectivity index (χ3n) is 3.73. The standard InChI is InChI=1S/C15H21FN2O2/c16-13-4-1-11(2-5-13)8-18-9-12(3-6-15(19)20)7-14(17)10-18/h1-2,4-5,12,14H,3,6-10,17H2,(H,19,20). The minimum atomic E-state index is -0.755. The molecule has 2 atom stereocenters. The maximum Gasteiger partial charge on any atom is 0.303 e. The van der Waals surface area contributed by atoms with E-state index in [1.54, 1.807) is 12.1 Å². The maximum atomic E-state index is 12.9. The van der Waals surface area contributed by atoms with Gasteiger partial charge >= 0.3 is 5.97 Å². The Kier molecular flexibility index (Phi) is 5.09. The molecule has 1 aromatic rings. The first-order valence-electron chi connectivity index (χ1n) is 6.97. The van der Waals surface area contributed by atoms with Crippen molar-refractivity contribution in [2.75, 3.05) is 13.1 Å². The average molecular weight is 280 g/mol. The lowest BCUT2D eigenvalue weighted by Gasteiger charge is -2.36. The predicted octanol–water partition coefficient (Wildman–Crippen LogP) is 1.84. The molecule has 1 aromatic carbocycles. The minimum Gasteiger partial charge on any atom is -0.481 e. The van der Waals surface area contributed by atoms with Gasteiger partial charge in [-0.3, -0.25) is 9.69 Å². The van der Waals surface area contributed by atoms with Crippen LogP contribution in [0.25, 0.3) is 0 Å². The Morgan fingerprint density at radius 3 is 2.70 bits per heavy atom. The van der Waals surface area contributed by atoms with E-state index >= 15 is 0 Å². The molecule has 20 heavy (non-hydrogen) atoms. The number of benzene rings is 1. The van der Waals surface area contributed by atoms with Crippen LogP contribution in [0.5, 0.6) is 0 Å². The zero-order valence-electron chi connectivity index (χ0n) is 11.5. The molecule has 2 rings (SSSR count). The highest BCUT2D eigenvalue weighted by molar-refractivity contribution is 5.66. The Balaban J connectivity index is 1.90. The van der Waals surface area contributed by atoms with Crippen molar-refractivity contribution >= 4 is 5.97 Å². The topological polar surface area (TPSA) is 66.6 Å². The zero-order chi connectivity index (χ0) is 14.5. The Morgan fingerprint density at radius 2 is 2.05 bits per heavy atom. The summed E-state index contributed by atoms with van der Waals surface area (Å²) in [5.74, 6) is -0.659. The molecule has 0 radical (unpaired) electrons. The van der Waals surface area contributed by atoms with Crippen LogP contribution in [0.15, 0.2) is 24.3 Å². The summed E-state index contributed by atoms with van der Waals surface area (Å²) in [6.07, 6.45) is 1.75. The zero-order valence-corrected chi connectivity index (χ0v) is 11.5. The van der Waals surface area contributed by atoms with E-state index in [4.69, 9.17) is 10.8 Å². The van der Waals surface area contributed by atoms with Gasteiger partial charge in [0.25, 0.3) is 0 Å². The monoisotopic (exact) mass is 280 g/mol. The molecule has 1 aliphatic rings. The molecule has 0 aliphatic carbocycles. The summed E-state index contributed by atoms with van der Waals surface area (Å²) in [6, 6.07) is 6.56. The van der Waals surface area contributed by atoms with Crippen LogP contribution in [0.4, 0.5) is 4.39 Å². The van der Waals surface area contributed by atoms with Gasteiger partial charge in [0.05, 0.1) is 0 Å². The molecular formula is C15H21FN2O2. The van der Waals surface area contributed by atoms with Crippen molar-refractivity contribution in [1.29, 1.82) is 0 Å². The van der Waals surface area contributed by atoms with Crippen LogP contribution in [0.2, 0.25) is 0 Å². The third kappa shape index (κ3) is 4.58. The van der Waals surface area contributed by atoms with Crippen molar-refractivity contribution in [3.63, 3.8) is 0 Å². The van der Waals surface area contributed by atoms with Crippen molar-refractivity contribution in [3.8, 4) is 0 Å². The smallest absolute Gasteiger partial charge is 0.303 e. The molecule has 0 aromatic heterocycles. The second-order valence-electron chi connectivity index (χ2n) is 5.61. The summed E-state index contributed by atoms with van der Waals surface area (Å²) in [4.78, 5) is 12.9. The second-order valence-corrected chi connectivity index (χ2v) is 5.61. The number of hydrogen-bond donors (Lipinski definition) is 2. The molecule has 0 spiro atoms. The van der Waals surface area contributed by atoms with Gasteiger partial charge in [-0.05, 0) is 36.5 Å². The third-order valence-corrected chi connectivity index (χ3v) is 3.73. The number of nitrogens with zero attached hydrogens (tertiary/aromatic N) is 1. The highest BCUT2D eigenvalue weighted by Gasteiger charge is 2.25. The number of likely N-dealkylation sites (tertiary alicyclic amines) is 1. The number of carbonyl (C=O) groups is 1. The molecule has 4 nitrogen and oxygen atoms in total. The summed E-state index contributed by atoms with van der Waals surface area (Å²) in [5, 5.41) is 8.76. The van der Waals surface area contributed by atoms with Gasteiger partial charge in [0, 0.05) is 32.1 Å². The fraction of sp³-hybridized carbons (Fsp3) is 0.533. The number of carboxylic acid groups (broad SMARTS) is 1. The molecule has 1 aliphatic heterocycles. The van der Waals surface area contributed by atoms with Crippen molar-refractivity contribution in [3.05, 3.63) is 35.6 Å². The van der Waals surface area contributed by atoms with Crippen molar-refractivity contribution in [2.45, 2.75) is 31.8 Å². The van der Waals surface area contributed by atoms with Crippen LogP contribution in [-0.2, 0) is 11.3 Å². The molecule has 110 valence electrons. The van der Waals surface area contributed by atoms with Gasteiger partial charge in [0.15, 0.2) is 0 Å². The number of hydrogen-bond acceptors (Lipinski definition) is 3. The van der Waals surface area contributed by atoms with Crippen LogP contribution in [0, 0.1) is 11.7 Å². The lowest BCUT2D eigenvalue weighted by atomic mass is 9.90. The van der Waals surface area contributed by atoms with Crippen molar-refractivity contribution in [1.82, 2.24) is 4.90 Å². The Bertz CT molecular complexity index is 450. The summed E-state index contributed by atoms with van der Waals surface area (Å²) in [6.45, 7) is 2.40. The van der Waals surface area contributed by atoms with Gasteiger partial charge in [-0.2, -0.15) is 0 Å². The number of halogens is 1. The summed E-state index contributed by atoms with van der Waals surface area (Å²) in [5.41, 5.74) is 7.10. The second kappa shape index (κ2) is 6.81. The molecule has 0 amide bonds. The van der Waals surface area contributed by atoms with Crippen LogP contribution in [0.1, 0.15) is 24.8 Å². The number of piperidine rings is 1. The van der Waals surface area contributed by atoms with E-state index in [-0.39, 0.29) is 18.3 Å². The molecule has 3 N–H and O–H groups in total. The average Bonchev–Trinajstić information content (AvgIpc) is 2.38. The van der Waals surface area contributed by atoms with Gasteiger partial charge < -0.3 is 10.8 Å². The predicted molar refractivity (Wildman–Crippen MR) is 74.6 cm³/mol. The van der Waals surface area contributed by atoms with Crippen LogP contribution < -0.4 is 5.73 Å². The Hall–Kier alpha value is -1.46. The summed E-state index contributed by atoms with van der Waals surface area (Å²) >= 11 is 0. The van der Waals surface area contributed by atoms with Gasteiger partial charge in [0.2, 0.25) is 0 Å². The van der Waals surface area contributed by atoms with E-state index in [9.17, 15) is 9.18 Å². The number of carboxylic acids is 1. The molecule has 0 saturated carbocycles. The molecule has 5 heteroatoms. The lowest BCUT2D eigenvalue weighted by Crippen LogP contribution is -2.46. The normalized spacial score (nSPS) is 23.7. The van der Waals surface area contributed by atoms with Crippen molar-refractivity contribution in [2.24, 2.45) is 11.7 Å². The first kappa shape index (κ1) is 14.9. The maximum absolute atomic E-state index is 12.9. The van der Waals surface area contributed by atoms with E-state index in [2.05, 4.69) is 4.90 Å². The van der Waals surface area contributed by atoms with E-state index in [1.165, 1.54) is 12.1 Å². The molecule has 1 saturated heterocycles. The van der Waals surface area contributed by atoms with Crippen LogP contribution >= 0.6 is 0 Å².